The molecule has 1 aliphatic heterocycles. The van der Waals surface area contributed by atoms with Crippen molar-refractivity contribution in [2.24, 2.45) is 5.92 Å². The van der Waals surface area contributed by atoms with Crippen molar-refractivity contribution in [2.45, 2.75) is 26.7 Å². The molecule has 0 saturated carbocycles. The first-order valence-electron chi connectivity index (χ1n) is 8.09. The number of ether oxygens (including phenoxy) is 1. The highest BCUT2D eigenvalue weighted by molar-refractivity contribution is 5.95. The molecule has 1 aromatic rings. The number of amides is 1. The fraction of sp³-hybridized carbons (Fsp3) is 0.588. The Bertz CT molecular complexity index is 497. The molecule has 0 unspecified atom stereocenters. The molecule has 22 heavy (non-hydrogen) atoms. The van der Waals surface area contributed by atoms with E-state index in [0.29, 0.717) is 36.1 Å². The molecule has 1 aliphatic rings. The number of hydrogen-bond acceptors (Lipinski definition) is 4. The van der Waals surface area contributed by atoms with Gasteiger partial charge in [0.1, 0.15) is 12.4 Å². The second kappa shape index (κ2) is 8.03. The van der Waals surface area contributed by atoms with E-state index in [1.807, 2.05) is 0 Å². The zero-order valence-electron chi connectivity index (χ0n) is 13.6. The van der Waals surface area contributed by atoms with E-state index in [0.717, 1.165) is 19.6 Å². The second-order valence-corrected chi connectivity index (χ2v) is 6.25. The summed E-state index contributed by atoms with van der Waals surface area (Å²) in [4.78, 5) is 14.4. The summed E-state index contributed by atoms with van der Waals surface area (Å²) >= 11 is 0. The minimum absolute atomic E-state index is 0.0935. The van der Waals surface area contributed by atoms with Crippen LogP contribution in [0, 0.1) is 5.92 Å². The third-order valence-corrected chi connectivity index (χ3v) is 3.81. The summed E-state index contributed by atoms with van der Waals surface area (Å²) in [5.74, 6) is 0.984. The number of anilines is 1. The zero-order chi connectivity index (χ0) is 15.9. The minimum Gasteiger partial charge on any atom is -0.490 e. The van der Waals surface area contributed by atoms with Crippen LogP contribution in [0.1, 0.15) is 37.0 Å². The molecule has 0 spiro atoms. The monoisotopic (exact) mass is 305 g/mol. The van der Waals surface area contributed by atoms with Gasteiger partial charge in [-0.1, -0.05) is 13.8 Å². The van der Waals surface area contributed by atoms with Gasteiger partial charge >= 0.3 is 0 Å². The quantitative estimate of drug-likeness (QED) is 0.757. The first-order chi connectivity index (χ1) is 10.6. The summed E-state index contributed by atoms with van der Waals surface area (Å²) in [6, 6.07) is 5.22. The van der Waals surface area contributed by atoms with Crippen LogP contribution in [0.4, 0.5) is 5.69 Å². The standard InChI is InChI=1S/C17H27N3O2/c1-13(2)12-19-17(21)14-5-6-16(15(18)11-14)22-10-9-20-7-3-4-8-20/h5-6,11,13H,3-4,7-10,12,18H2,1-2H3,(H,19,21). The number of rotatable bonds is 7. The molecule has 0 atom stereocenters. The molecule has 2 rings (SSSR count). The van der Waals surface area contributed by atoms with E-state index in [1.165, 1.54) is 12.8 Å². The number of nitrogen functional groups attached to an aromatic ring is 1. The fourth-order valence-electron chi connectivity index (χ4n) is 2.51. The lowest BCUT2D eigenvalue weighted by atomic mass is 10.1. The van der Waals surface area contributed by atoms with Crippen molar-refractivity contribution in [2.75, 3.05) is 38.5 Å². The lowest BCUT2D eigenvalue weighted by molar-refractivity contribution is 0.0949. The lowest BCUT2D eigenvalue weighted by Crippen LogP contribution is -2.27. The SMILES string of the molecule is CC(C)CNC(=O)c1ccc(OCCN2CCCC2)c(N)c1. The van der Waals surface area contributed by atoms with E-state index in [9.17, 15) is 4.79 Å². The van der Waals surface area contributed by atoms with Gasteiger partial charge in [0.15, 0.2) is 0 Å². The number of likely N-dealkylation sites (tertiary alicyclic amines) is 1. The summed E-state index contributed by atoms with van der Waals surface area (Å²) in [6.45, 7) is 8.66. The van der Waals surface area contributed by atoms with E-state index in [-0.39, 0.29) is 5.91 Å². The Morgan fingerprint density at radius 3 is 2.73 bits per heavy atom. The van der Waals surface area contributed by atoms with Crippen molar-refractivity contribution in [1.82, 2.24) is 10.2 Å². The van der Waals surface area contributed by atoms with Crippen molar-refractivity contribution in [3.63, 3.8) is 0 Å². The lowest BCUT2D eigenvalue weighted by Gasteiger charge is -2.16. The van der Waals surface area contributed by atoms with Crippen LogP contribution in [0.15, 0.2) is 18.2 Å². The van der Waals surface area contributed by atoms with Crippen molar-refractivity contribution in [3.05, 3.63) is 23.8 Å². The number of nitrogens with zero attached hydrogens (tertiary/aromatic N) is 1. The van der Waals surface area contributed by atoms with Gasteiger partial charge in [0.25, 0.3) is 5.91 Å². The summed E-state index contributed by atoms with van der Waals surface area (Å²) in [5, 5.41) is 2.88. The smallest absolute Gasteiger partial charge is 0.251 e. The molecule has 1 saturated heterocycles. The van der Waals surface area contributed by atoms with Gasteiger partial charge in [-0.25, -0.2) is 0 Å². The minimum atomic E-state index is -0.0935. The average Bonchev–Trinajstić information content (AvgIpc) is 2.99. The van der Waals surface area contributed by atoms with Gasteiger partial charge in [-0.15, -0.1) is 0 Å². The molecule has 0 bridgehead atoms. The molecule has 3 N–H and O–H groups in total. The maximum Gasteiger partial charge on any atom is 0.251 e. The van der Waals surface area contributed by atoms with Crippen LogP contribution in [-0.2, 0) is 0 Å². The Labute approximate surface area is 132 Å². The molecular formula is C17H27N3O2. The number of nitrogens with two attached hydrogens (primary N) is 1. The third kappa shape index (κ3) is 4.91. The molecule has 0 aliphatic carbocycles. The van der Waals surface area contributed by atoms with E-state index in [2.05, 4.69) is 24.1 Å². The summed E-state index contributed by atoms with van der Waals surface area (Å²) in [7, 11) is 0. The third-order valence-electron chi connectivity index (χ3n) is 3.81. The second-order valence-electron chi connectivity index (χ2n) is 6.25. The van der Waals surface area contributed by atoms with Crippen LogP contribution in [0.3, 0.4) is 0 Å². The fourth-order valence-corrected chi connectivity index (χ4v) is 2.51. The van der Waals surface area contributed by atoms with Gasteiger partial charge in [0.2, 0.25) is 0 Å². The summed E-state index contributed by atoms with van der Waals surface area (Å²) in [5.41, 5.74) is 7.08. The van der Waals surface area contributed by atoms with E-state index >= 15 is 0 Å². The van der Waals surface area contributed by atoms with Gasteiger partial charge < -0.3 is 15.8 Å². The predicted molar refractivity (Wildman–Crippen MR) is 89.2 cm³/mol. The average molecular weight is 305 g/mol. The molecule has 0 aromatic heterocycles. The number of carbonyl (C=O) groups is 1. The van der Waals surface area contributed by atoms with Gasteiger partial charge in [-0.2, -0.15) is 0 Å². The molecule has 5 heteroatoms. The summed E-state index contributed by atoms with van der Waals surface area (Å²) < 4.78 is 5.73. The highest BCUT2D eigenvalue weighted by atomic mass is 16.5. The van der Waals surface area contributed by atoms with Crippen molar-refractivity contribution in [1.29, 1.82) is 0 Å². The molecule has 1 aromatic carbocycles. The van der Waals surface area contributed by atoms with Crippen LogP contribution in [0.5, 0.6) is 5.75 Å². The molecule has 5 nitrogen and oxygen atoms in total. The van der Waals surface area contributed by atoms with Gasteiger partial charge in [-0.3, -0.25) is 9.69 Å². The van der Waals surface area contributed by atoms with Crippen molar-refractivity contribution >= 4 is 11.6 Å². The van der Waals surface area contributed by atoms with Crippen LogP contribution < -0.4 is 15.8 Å². The highest BCUT2D eigenvalue weighted by Crippen LogP contribution is 2.22. The van der Waals surface area contributed by atoms with Crippen LogP contribution in [0.2, 0.25) is 0 Å². The van der Waals surface area contributed by atoms with Crippen molar-refractivity contribution in [3.8, 4) is 5.75 Å². The van der Waals surface area contributed by atoms with Gasteiger partial charge in [0, 0.05) is 18.7 Å². The zero-order valence-corrected chi connectivity index (χ0v) is 13.6. The molecular weight excluding hydrogens is 278 g/mol. The van der Waals surface area contributed by atoms with E-state index in [4.69, 9.17) is 10.5 Å². The Hall–Kier alpha value is -1.75. The Morgan fingerprint density at radius 2 is 2.09 bits per heavy atom. The first-order valence-corrected chi connectivity index (χ1v) is 8.09. The molecule has 0 radical (unpaired) electrons. The summed E-state index contributed by atoms with van der Waals surface area (Å²) in [6.07, 6.45) is 2.56. The Morgan fingerprint density at radius 1 is 1.36 bits per heavy atom. The predicted octanol–water partition coefficient (Wildman–Crippen LogP) is 2.13. The number of nitrogens with one attached hydrogen (secondary N) is 1. The van der Waals surface area contributed by atoms with Crippen molar-refractivity contribution < 1.29 is 9.53 Å². The molecule has 122 valence electrons. The normalized spacial score (nSPS) is 15.2. The maximum atomic E-state index is 12.0. The number of hydrogen-bond donors (Lipinski definition) is 2. The molecule has 1 fully saturated rings. The molecule has 1 heterocycles. The maximum absolute atomic E-state index is 12.0. The van der Waals surface area contributed by atoms with Crippen LogP contribution >= 0.6 is 0 Å². The molecule has 1 amide bonds. The van der Waals surface area contributed by atoms with E-state index in [1.54, 1.807) is 18.2 Å². The first kappa shape index (κ1) is 16.6. The van der Waals surface area contributed by atoms with Gasteiger partial charge in [-0.05, 0) is 50.0 Å². The largest absolute Gasteiger partial charge is 0.490 e. The van der Waals surface area contributed by atoms with Gasteiger partial charge in [0.05, 0.1) is 5.69 Å². The Kier molecular flexibility index (Phi) is 6.07. The Balaban J connectivity index is 1.84. The topological polar surface area (TPSA) is 67.6 Å². The van der Waals surface area contributed by atoms with Crippen LogP contribution in [0.25, 0.3) is 0 Å². The van der Waals surface area contributed by atoms with E-state index < -0.39 is 0 Å². The number of carbonyl (C=O) groups excluding carboxylic acids is 1. The van der Waals surface area contributed by atoms with Crippen LogP contribution in [-0.4, -0.2) is 43.6 Å². The highest BCUT2D eigenvalue weighted by Gasteiger charge is 2.12. The number of benzene rings is 1.